The highest BCUT2D eigenvalue weighted by Crippen LogP contribution is 2.31. The number of ether oxygens (including phenoxy) is 2. The zero-order valence-corrected chi connectivity index (χ0v) is 12.0. The zero-order chi connectivity index (χ0) is 14.8. The molecule has 0 bridgehead atoms. The first kappa shape index (κ1) is 13.2. The quantitative estimate of drug-likeness (QED) is 0.793. The summed E-state index contributed by atoms with van der Waals surface area (Å²) in [6, 6.07) is 11.9. The predicted molar refractivity (Wildman–Crippen MR) is 83.8 cm³/mol. The van der Waals surface area contributed by atoms with E-state index in [0.29, 0.717) is 11.8 Å². The third kappa shape index (κ3) is 2.36. The van der Waals surface area contributed by atoms with E-state index in [0.717, 1.165) is 27.6 Å². The maximum Gasteiger partial charge on any atom is 0.216 e. The minimum Gasteiger partial charge on any atom is -0.481 e. The van der Waals surface area contributed by atoms with Crippen molar-refractivity contribution < 1.29 is 9.47 Å². The average Bonchev–Trinajstić information content (AvgIpc) is 3.02. The average molecular weight is 280 g/mol. The molecule has 21 heavy (non-hydrogen) atoms. The monoisotopic (exact) mass is 280 g/mol. The number of benzene rings is 1. The first-order chi connectivity index (χ1) is 10.2. The fourth-order valence-corrected chi connectivity index (χ4v) is 2.37. The fourth-order valence-electron chi connectivity index (χ4n) is 2.37. The number of nitrogens with zero attached hydrogens (tertiary/aromatic N) is 1. The van der Waals surface area contributed by atoms with Crippen LogP contribution in [0.3, 0.4) is 0 Å². The summed E-state index contributed by atoms with van der Waals surface area (Å²) in [5, 5.41) is 1.14. The summed E-state index contributed by atoms with van der Waals surface area (Å²) in [7, 11) is 3.17. The Morgan fingerprint density at radius 2 is 1.81 bits per heavy atom. The highest BCUT2D eigenvalue weighted by atomic mass is 16.5. The Morgan fingerprint density at radius 3 is 2.48 bits per heavy atom. The molecule has 0 aliphatic carbocycles. The standard InChI is InChI=1S/C17H16N2O2/c1-11(12-9-16(20-2)19-17(10-12)21-3)13-5-4-6-15-14(13)7-8-18-15/h4-10,18H,1H2,2-3H3. The van der Waals surface area contributed by atoms with Crippen molar-refractivity contribution in [2.24, 2.45) is 0 Å². The summed E-state index contributed by atoms with van der Waals surface area (Å²) < 4.78 is 10.4. The molecule has 106 valence electrons. The molecule has 0 aliphatic rings. The molecule has 1 N–H and O–H groups in total. The third-order valence-corrected chi connectivity index (χ3v) is 3.47. The second-order valence-corrected chi connectivity index (χ2v) is 4.66. The number of hydrogen-bond donors (Lipinski definition) is 1. The summed E-state index contributed by atoms with van der Waals surface area (Å²) in [6.07, 6.45) is 1.93. The highest BCUT2D eigenvalue weighted by molar-refractivity contribution is 5.96. The minimum absolute atomic E-state index is 0.506. The van der Waals surface area contributed by atoms with Gasteiger partial charge in [0.2, 0.25) is 11.8 Å². The van der Waals surface area contributed by atoms with Crippen molar-refractivity contribution >= 4 is 16.5 Å². The Morgan fingerprint density at radius 1 is 1.10 bits per heavy atom. The number of hydrogen-bond acceptors (Lipinski definition) is 3. The van der Waals surface area contributed by atoms with E-state index in [1.807, 2.05) is 36.5 Å². The number of aromatic nitrogens is 2. The number of methoxy groups -OCH3 is 2. The summed E-state index contributed by atoms with van der Waals surface area (Å²) in [5.74, 6) is 1.01. The van der Waals surface area contributed by atoms with Crippen LogP contribution >= 0.6 is 0 Å². The van der Waals surface area contributed by atoms with Crippen molar-refractivity contribution in [3.63, 3.8) is 0 Å². The molecule has 0 fully saturated rings. The van der Waals surface area contributed by atoms with Crippen molar-refractivity contribution in [3.8, 4) is 11.8 Å². The molecule has 2 heterocycles. The van der Waals surface area contributed by atoms with Gasteiger partial charge < -0.3 is 14.5 Å². The van der Waals surface area contributed by atoms with E-state index in [1.54, 1.807) is 14.2 Å². The Bertz CT molecular complexity index is 783. The van der Waals surface area contributed by atoms with Crippen LogP contribution in [-0.4, -0.2) is 24.2 Å². The van der Waals surface area contributed by atoms with Crippen molar-refractivity contribution in [2.45, 2.75) is 0 Å². The topological polar surface area (TPSA) is 47.1 Å². The highest BCUT2D eigenvalue weighted by Gasteiger charge is 2.11. The molecule has 4 heteroatoms. The molecule has 0 saturated carbocycles. The molecular formula is C17H16N2O2. The van der Waals surface area contributed by atoms with Crippen LogP contribution in [0.25, 0.3) is 16.5 Å². The predicted octanol–water partition coefficient (Wildman–Crippen LogP) is 3.64. The van der Waals surface area contributed by atoms with Crippen molar-refractivity contribution in [1.29, 1.82) is 0 Å². The molecule has 0 unspecified atom stereocenters. The third-order valence-electron chi connectivity index (χ3n) is 3.47. The maximum absolute atomic E-state index is 5.22. The van der Waals surface area contributed by atoms with Crippen LogP contribution in [0, 0.1) is 0 Å². The summed E-state index contributed by atoms with van der Waals surface area (Å²) in [6.45, 7) is 4.22. The lowest BCUT2D eigenvalue weighted by molar-refractivity contribution is 0.364. The molecule has 0 spiro atoms. The van der Waals surface area contributed by atoms with Gasteiger partial charge in [0, 0.05) is 29.2 Å². The van der Waals surface area contributed by atoms with Gasteiger partial charge in [-0.3, -0.25) is 0 Å². The first-order valence-electron chi connectivity index (χ1n) is 6.58. The molecule has 1 aromatic carbocycles. The van der Waals surface area contributed by atoms with E-state index < -0.39 is 0 Å². The van der Waals surface area contributed by atoms with Crippen LogP contribution < -0.4 is 9.47 Å². The van der Waals surface area contributed by atoms with Crippen molar-refractivity contribution in [1.82, 2.24) is 9.97 Å². The fraction of sp³-hybridized carbons (Fsp3) is 0.118. The van der Waals surface area contributed by atoms with Gasteiger partial charge in [-0.1, -0.05) is 18.7 Å². The van der Waals surface area contributed by atoms with Crippen LogP contribution in [-0.2, 0) is 0 Å². The molecular weight excluding hydrogens is 264 g/mol. The van der Waals surface area contributed by atoms with Crippen molar-refractivity contribution in [2.75, 3.05) is 14.2 Å². The lowest BCUT2D eigenvalue weighted by Gasteiger charge is -2.11. The van der Waals surface area contributed by atoms with Gasteiger partial charge in [-0.15, -0.1) is 0 Å². The molecule has 0 atom stereocenters. The second-order valence-electron chi connectivity index (χ2n) is 4.66. The molecule has 3 rings (SSSR count). The second kappa shape index (κ2) is 5.32. The zero-order valence-electron chi connectivity index (χ0n) is 12.0. The van der Waals surface area contributed by atoms with Gasteiger partial charge in [-0.25, -0.2) is 0 Å². The van der Waals surface area contributed by atoms with Gasteiger partial charge in [0.15, 0.2) is 0 Å². The van der Waals surface area contributed by atoms with Gasteiger partial charge >= 0.3 is 0 Å². The Balaban J connectivity index is 2.12. The van der Waals surface area contributed by atoms with Crippen LogP contribution in [0.5, 0.6) is 11.8 Å². The number of aromatic amines is 1. The van der Waals surface area contributed by atoms with Gasteiger partial charge in [0.1, 0.15) is 0 Å². The number of rotatable bonds is 4. The van der Waals surface area contributed by atoms with Gasteiger partial charge in [-0.05, 0) is 28.8 Å². The molecule has 0 aliphatic heterocycles. The molecule has 2 aromatic heterocycles. The maximum atomic E-state index is 5.22. The summed E-state index contributed by atoms with van der Waals surface area (Å²) in [4.78, 5) is 7.42. The Kier molecular flexibility index (Phi) is 3.36. The Hall–Kier alpha value is -2.75. The van der Waals surface area contributed by atoms with Gasteiger partial charge in [0.05, 0.1) is 14.2 Å². The van der Waals surface area contributed by atoms with Crippen molar-refractivity contribution in [3.05, 3.63) is 60.3 Å². The number of H-pyrrole nitrogens is 1. The van der Waals surface area contributed by atoms with E-state index in [1.165, 1.54) is 0 Å². The van der Waals surface area contributed by atoms with E-state index in [4.69, 9.17) is 9.47 Å². The largest absolute Gasteiger partial charge is 0.481 e. The molecule has 0 radical (unpaired) electrons. The molecule has 4 nitrogen and oxygen atoms in total. The smallest absolute Gasteiger partial charge is 0.216 e. The van der Waals surface area contributed by atoms with Crippen LogP contribution in [0.4, 0.5) is 0 Å². The normalized spacial score (nSPS) is 10.6. The van der Waals surface area contributed by atoms with E-state index in [9.17, 15) is 0 Å². The van der Waals surface area contributed by atoms with Crippen LogP contribution in [0.15, 0.2) is 49.2 Å². The van der Waals surface area contributed by atoms with E-state index >= 15 is 0 Å². The summed E-state index contributed by atoms with van der Waals surface area (Å²) in [5.41, 5.74) is 3.98. The summed E-state index contributed by atoms with van der Waals surface area (Å²) >= 11 is 0. The molecule has 0 saturated heterocycles. The number of pyridine rings is 1. The van der Waals surface area contributed by atoms with E-state index in [2.05, 4.69) is 22.6 Å². The molecule has 0 amide bonds. The van der Waals surface area contributed by atoms with Gasteiger partial charge in [-0.2, -0.15) is 4.98 Å². The molecule has 3 aromatic rings. The van der Waals surface area contributed by atoms with Crippen LogP contribution in [0.1, 0.15) is 11.1 Å². The number of nitrogens with one attached hydrogen (secondary N) is 1. The lowest BCUT2D eigenvalue weighted by Crippen LogP contribution is -1.95. The van der Waals surface area contributed by atoms with Gasteiger partial charge in [0.25, 0.3) is 0 Å². The lowest BCUT2D eigenvalue weighted by atomic mass is 9.97. The Labute approximate surface area is 123 Å². The minimum atomic E-state index is 0.506. The number of fused-ring (bicyclic) bond motifs is 1. The van der Waals surface area contributed by atoms with Crippen LogP contribution in [0.2, 0.25) is 0 Å². The first-order valence-corrected chi connectivity index (χ1v) is 6.58. The SMILES string of the molecule is C=C(c1cc(OC)nc(OC)c1)c1cccc2[nH]ccc12. The van der Waals surface area contributed by atoms with E-state index in [-0.39, 0.29) is 0 Å².